The van der Waals surface area contributed by atoms with Crippen LogP contribution in [0.25, 0.3) is 10.9 Å². The van der Waals surface area contributed by atoms with Crippen LogP contribution in [0.4, 0.5) is 5.69 Å². The maximum atomic E-state index is 12.0. The summed E-state index contributed by atoms with van der Waals surface area (Å²) < 4.78 is 10.5. The molecule has 0 radical (unpaired) electrons. The number of fused-ring (bicyclic) bond motifs is 1. The van der Waals surface area contributed by atoms with Gasteiger partial charge in [-0.3, -0.25) is 4.98 Å². The average molecular weight is 340 g/mol. The van der Waals surface area contributed by atoms with Crippen LogP contribution in [0, 0.1) is 5.41 Å². The predicted molar refractivity (Wildman–Crippen MR) is 97.0 cm³/mol. The van der Waals surface area contributed by atoms with Crippen LogP contribution < -0.4 is 4.90 Å². The molecular formula is C20H24N2O3. The summed E-state index contributed by atoms with van der Waals surface area (Å²) in [4.78, 5) is 18.8. The fraction of sp³-hybridized carbons (Fsp3) is 0.500. The van der Waals surface area contributed by atoms with Crippen molar-refractivity contribution in [3.63, 3.8) is 0 Å². The van der Waals surface area contributed by atoms with Crippen molar-refractivity contribution in [2.24, 2.45) is 5.41 Å². The van der Waals surface area contributed by atoms with Crippen LogP contribution in [0.5, 0.6) is 0 Å². The molecular weight excluding hydrogens is 316 g/mol. The molecule has 0 unspecified atom stereocenters. The number of carbonyl (C=O) groups is 1. The molecule has 2 aliphatic rings. The zero-order valence-corrected chi connectivity index (χ0v) is 14.7. The van der Waals surface area contributed by atoms with Crippen LogP contribution >= 0.6 is 0 Å². The van der Waals surface area contributed by atoms with Crippen molar-refractivity contribution >= 4 is 22.6 Å². The smallest absolute Gasteiger partial charge is 0.338 e. The topological polar surface area (TPSA) is 51.7 Å². The van der Waals surface area contributed by atoms with Crippen molar-refractivity contribution in [2.45, 2.75) is 25.7 Å². The number of rotatable bonds is 2. The van der Waals surface area contributed by atoms with Gasteiger partial charge in [-0.05, 0) is 55.4 Å². The van der Waals surface area contributed by atoms with Gasteiger partial charge in [0.1, 0.15) is 0 Å². The van der Waals surface area contributed by atoms with Gasteiger partial charge in [-0.1, -0.05) is 0 Å². The van der Waals surface area contributed by atoms with Crippen LogP contribution in [0.1, 0.15) is 36.0 Å². The lowest BCUT2D eigenvalue weighted by molar-refractivity contribution is 0.00212. The lowest BCUT2D eigenvalue weighted by Crippen LogP contribution is -2.42. The molecule has 0 bridgehead atoms. The second-order valence-electron chi connectivity index (χ2n) is 7.15. The second kappa shape index (κ2) is 6.64. The number of hydrogen-bond donors (Lipinski definition) is 0. The third-order valence-electron chi connectivity index (χ3n) is 5.87. The number of methoxy groups -OCH3 is 1. The minimum Gasteiger partial charge on any atom is -0.465 e. The summed E-state index contributed by atoms with van der Waals surface area (Å²) in [5.41, 5.74) is 3.04. The number of piperidine rings is 1. The number of pyridine rings is 1. The molecule has 5 nitrogen and oxygen atoms in total. The Morgan fingerprint density at radius 1 is 1.16 bits per heavy atom. The minimum atomic E-state index is -0.315. The lowest BCUT2D eigenvalue weighted by Gasteiger charge is -2.44. The van der Waals surface area contributed by atoms with Crippen molar-refractivity contribution in [2.75, 3.05) is 38.3 Å². The maximum Gasteiger partial charge on any atom is 0.338 e. The van der Waals surface area contributed by atoms with E-state index in [1.165, 1.54) is 32.8 Å². The summed E-state index contributed by atoms with van der Waals surface area (Å²) >= 11 is 0. The van der Waals surface area contributed by atoms with E-state index < -0.39 is 0 Å². The summed E-state index contributed by atoms with van der Waals surface area (Å²) in [6, 6.07) is 7.91. The molecule has 0 N–H and O–H groups in total. The normalized spacial score (nSPS) is 20.0. The zero-order chi connectivity index (χ0) is 17.3. The van der Waals surface area contributed by atoms with Crippen molar-refractivity contribution in [3.8, 4) is 0 Å². The van der Waals surface area contributed by atoms with Gasteiger partial charge in [0.05, 0.1) is 18.2 Å². The van der Waals surface area contributed by atoms with Gasteiger partial charge < -0.3 is 14.4 Å². The Morgan fingerprint density at radius 2 is 1.92 bits per heavy atom. The van der Waals surface area contributed by atoms with Gasteiger partial charge in [0, 0.05) is 43.6 Å². The first kappa shape index (κ1) is 16.3. The third-order valence-corrected chi connectivity index (χ3v) is 5.87. The van der Waals surface area contributed by atoms with E-state index in [1.807, 2.05) is 6.07 Å². The Labute approximate surface area is 147 Å². The second-order valence-corrected chi connectivity index (χ2v) is 7.15. The Balaban J connectivity index is 1.59. The highest BCUT2D eigenvalue weighted by Gasteiger charge is 2.36. The Hall–Kier alpha value is -2.14. The van der Waals surface area contributed by atoms with Gasteiger partial charge in [0.2, 0.25) is 0 Å². The molecule has 1 aromatic carbocycles. The van der Waals surface area contributed by atoms with Crippen LogP contribution in [-0.4, -0.2) is 44.4 Å². The molecule has 0 saturated carbocycles. The SMILES string of the molecule is COC(=O)c1ccnc2ccc(N3CCC4(CCOCC4)CC3)cc12. The van der Waals surface area contributed by atoms with Crippen molar-refractivity contribution in [1.29, 1.82) is 0 Å². The third kappa shape index (κ3) is 3.09. The summed E-state index contributed by atoms with van der Waals surface area (Å²) in [5.74, 6) is -0.315. The summed E-state index contributed by atoms with van der Waals surface area (Å²) in [6.45, 7) is 3.92. The first-order valence-electron chi connectivity index (χ1n) is 9.01. The molecule has 1 spiro atoms. The van der Waals surface area contributed by atoms with Crippen molar-refractivity contribution in [3.05, 3.63) is 36.0 Å². The minimum absolute atomic E-state index is 0.315. The molecule has 2 fully saturated rings. The lowest BCUT2D eigenvalue weighted by atomic mass is 9.72. The van der Waals surface area contributed by atoms with E-state index in [0.717, 1.165) is 42.9 Å². The quantitative estimate of drug-likeness (QED) is 0.784. The molecule has 5 heteroatoms. The average Bonchev–Trinajstić information content (AvgIpc) is 2.68. The van der Waals surface area contributed by atoms with Crippen LogP contribution in [0.2, 0.25) is 0 Å². The van der Waals surface area contributed by atoms with Crippen LogP contribution in [-0.2, 0) is 9.47 Å². The molecule has 1 aromatic heterocycles. The number of benzene rings is 1. The number of anilines is 1. The van der Waals surface area contributed by atoms with Crippen molar-refractivity contribution in [1.82, 2.24) is 4.98 Å². The summed E-state index contributed by atoms with van der Waals surface area (Å²) in [5, 5.41) is 0.859. The summed E-state index contributed by atoms with van der Waals surface area (Å²) in [7, 11) is 1.41. The fourth-order valence-corrected chi connectivity index (χ4v) is 4.16. The van der Waals surface area contributed by atoms with E-state index in [2.05, 4.69) is 22.0 Å². The molecule has 2 aromatic rings. The van der Waals surface area contributed by atoms with Gasteiger partial charge in [0.15, 0.2) is 0 Å². The highest BCUT2D eigenvalue weighted by molar-refractivity contribution is 6.04. The Bertz CT molecular complexity index is 774. The number of esters is 1. The zero-order valence-electron chi connectivity index (χ0n) is 14.7. The van der Waals surface area contributed by atoms with Gasteiger partial charge in [-0.25, -0.2) is 4.79 Å². The maximum absolute atomic E-state index is 12.0. The first-order chi connectivity index (χ1) is 12.2. The van der Waals surface area contributed by atoms with E-state index in [-0.39, 0.29) is 5.97 Å². The fourth-order valence-electron chi connectivity index (χ4n) is 4.16. The van der Waals surface area contributed by atoms with Gasteiger partial charge >= 0.3 is 5.97 Å². The van der Waals surface area contributed by atoms with E-state index in [4.69, 9.17) is 9.47 Å². The summed E-state index contributed by atoms with van der Waals surface area (Å²) in [6.07, 6.45) is 6.46. The molecule has 4 rings (SSSR count). The van der Waals surface area contributed by atoms with Gasteiger partial charge in [-0.15, -0.1) is 0 Å². The van der Waals surface area contributed by atoms with E-state index in [9.17, 15) is 4.79 Å². The number of ether oxygens (including phenoxy) is 2. The Kier molecular flexibility index (Phi) is 4.34. The van der Waals surface area contributed by atoms with Gasteiger partial charge in [-0.2, -0.15) is 0 Å². The van der Waals surface area contributed by atoms with Crippen molar-refractivity contribution < 1.29 is 14.3 Å². The standard InChI is InChI=1S/C20H24N2O3/c1-24-19(23)16-4-9-21-18-3-2-15(14-17(16)18)22-10-5-20(6-11-22)7-12-25-13-8-20/h2-4,9,14H,5-8,10-13H2,1H3. The van der Waals surface area contributed by atoms with Crippen LogP contribution in [0.15, 0.2) is 30.5 Å². The predicted octanol–water partition coefficient (Wildman–Crippen LogP) is 3.42. The number of hydrogen-bond acceptors (Lipinski definition) is 5. The number of nitrogens with zero attached hydrogens (tertiary/aromatic N) is 2. The first-order valence-corrected chi connectivity index (χ1v) is 9.01. The van der Waals surface area contributed by atoms with Crippen LogP contribution in [0.3, 0.4) is 0 Å². The Morgan fingerprint density at radius 3 is 2.64 bits per heavy atom. The molecule has 2 aliphatic heterocycles. The highest BCUT2D eigenvalue weighted by atomic mass is 16.5. The van der Waals surface area contributed by atoms with E-state index in [0.29, 0.717) is 11.0 Å². The molecule has 0 aliphatic carbocycles. The number of carbonyl (C=O) groups excluding carboxylic acids is 1. The largest absolute Gasteiger partial charge is 0.465 e. The molecule has 2 saturated heterocycles. The molecule has 0 amide bonds. The monoisotopic (exact) mass is 340 g/mol. The van der Waals surface area contributed by atoms with Gasteiger partial charge in [0.25, 0.3) is 0 Å². The highest BCUT2D eigenvalue weighted by Crippen LogP contribution is 2.41. The number of aromatic nitrogens is 1. The van der Waals surface area contributed by atoms with E-state index in [1.54, 1.807) is 12.3 Å². The molecule has 3 heterocycles. The molecule has 25 heavy (non-hydrogen) atoms. The molecule has 0 atom stereocenters. The van der Waals surface area contributed by atoms with E-state index >= 15 is 0 Å². The molecule has 132 valence electrons.